The van der Waals surface area contributed by atoms with Gasteiger partial charge in [0.1, 0.15) is 4.21 Å². The molecule has 32 heavy (non-hydrogen) atoms. The molecular weight excluding hydrogens is 468 g/mol. The van der Waals surface area contributed by atoms with Crippen LogP contribution in [0.5, 0.6) is 0 Å². The number of morpholine rings is 1. The van der Waals surface area contributed by atoms with Crippen molar-refractivity contribution in [3.05, 3.63) is 35.7 Å². The summed E-state index contributed by atoms with van der Waals surface area (Å²) in [5.74, 6) is -0.263. The van der Waals surface area contributed by atoms with Crippen molar-refractivity contribution in [1.29, 1.82) is 0 Å². The number of rotatable bonds is 5. The van der Waals surface area contributed by atoms with E-state index in [0.29, 0.717) is 43.4 Å². The lowest BCUT2D eigenvalue weighted by Crippen LogP contribution is -2.41. The van der Waals surface area contributed by atoms with Crippen LogP contribution in [-0.2, 0) is 19.6 Å². The van der Waals surface area contributed by atoms with Crippen molar-refractivity contribution < 1.29 is 17.9 Å². The molecule has 2 saturated heterocycles. The molecule has 1 amide bonds. The predicted molar refractivity (Wildman–Crippen MR) is 127 cm³/mol. The minimum Gasteiger partial charge on any atom is -0.378 e. The van der Waals surface area contributed by atoms with Gasteiger partial charge in [-0.25, -0.2) is 13.4 Å². The fourth-order valence-electron chi connectivity index (χ4n) is 4.02. The first-order valence-corrected chi connectivity index (χ1v) is 13.7. The number of nitrogens with zero attached hydrogens (tertiary/aromatic N) is 3. The van der Waals surface area contributed by atoms with Gasteiger partial charge in [-0.05, 0) is 42.5 Å². The lowest BCUT2D eigenvalue weighted by atomic mass is 9.97. The monoisotopic (exact) mass is 492 g/mol. The number of aromatic nitrogens is 1. The van der Waals surface area contributed by atoms with Gasteiger partial charge in [0, 0.05) is 37.8 Å². The normalized spacial score (nSPS) is 18.8. The molecule has 0 saturated carbocycles. The van der Waals surface area contributed by atoms with E-state index >= 15 is 0 Å². The van der Waals surface area contributed by atoms with Crippen molar-refractivity contribution in [3.8, 4) is 0 Å². The van der Waals surface area contributed by atoms with Crippen LogP contribution < -0.4 is 10.2 Å². The third kappa shape index (κ3) is 4.40. The van der Waals surface area contributed by atoms with Crippen LogP contribution in [0.4, 0.5) is 10.8 Å². The number of piperidine rings is 1. The summed E-state index contributed by atoms with van der Waals surface area (Å²) in [5.41, 5.74) is 1.66. The van der Waals surface area contributed by atoms with E-state index < -0.39 is 10.0 Å². The van der Waals surface area contributed by atoms with Crippen LogP contribution in [0.1, 0.15) is 12.8 Å². The van der Waals surface area contributed by atoms with E-state index in [0.717, 1.165) is 34.1 Å². The lowest BCUT2D eigenvalue weighted by molar-refractivity contribution is -0.120. The van der Waals surface area contributed by atoms with Gasteiger partial charge in [-0.3, -0.25) is 4.79 Å². The summed E-state index contributed by atoms with van der Waals surface area (Å²) in [4.78, 5) is 19.8. The number of fused-ring (bicyclic) bond motifs is 1. The SMILES string of the molecule is O=C(Nc1ccc2nc(N3CCOCC3)sc2c1)C1CCN(S(=O)(=O)c2cccs2)CC1. The molecule has 5 rings (SSSR count). The highest BCUT2D eigenvalue weighted by Crippen LogP contribution is 2.32. The molecule has 0 spiro atoms. The number of benzene rings is 1. The van der Waals surface area contributed by atoms with E-state index in [1.54, 1.807) is 28.8 Å². The minimum absolute atomic E-state index is 0.0598. The van der Waals surface area contributed by atoms with E-state index in [4.69, 9.17) is 9.72 Å². The maximum absolute atomic E-state index is 12.8. The summed E-state index contributed by atoms with van der Waals surface area (Å²) in [6, 6.07) is 9.13. The maximum Gasteiger partial charge on any atom is 0.252 e. The van der Waals surface area contributed by atoms with Gasteiger partial charge in [-0.15, -0.1) is 11.3 Å². The summed E-state index contributed by atoms with van der Waals surface area (Å²) < 4.78 is 33.6. The largest absolute Gasteiger partial charge is 0.378 e. The number of carbonyl (C=O) groups excluding carboxylic acids is 1. The Morgan fingerprint density at radius 2 is 1.91 bits per heavy atom. The molecule has 11 heteroatoms. The zero-order valence-corrected chi connectivity index (χ0v) is 19.8. The second-order valence-corrected chi connectivity index (χ2v) is 12.0. The molecule has 2 aliphatic heterocycles. The third-order valence-corrected chi connectivity index (χ3v) is 10.2. The van der Waals surface area contributed by atoms with Crippen LogP contribution in [0.3, 0.4) is 0 Å². The summed E-state index contributed by atoms with van der Waals surface area (Å²) in [5, 5.41) is 5.75. The number of anilines is 2. The number of nitrogens with one attached hydrogen (secondary N) is 1. The Morgan fingerprint density at radius 1 is 1.12 bits per heavy atom. The van der Waals surface area contributed by atoms with E-state index in [9.17, 15) is 13.2 Å². The summed E-state index contributed by atoms with van der Waals surface area (Å²) in [6.45, 7) is 3.81. The molecular formula is C21H24N4O4S3. The lowest BCUT2D eigenvalue weighted by Gasteiger charge is -2.30. The fourth-order valence-corrected chi connectivity index (χ4v) is 7.69. The Balaban J connectivity index is 1.21. The highest BCUT2D eigenvalue weighted by atomic mass is 32.2. The van der Waals surface area contributed by atoms with Gasteiger partial charge in [0.05, 0.1) is 23.4 Å². The van der Waals surface area contributed by atoms with Crippen molar-refractivity contribution in [3.63, 3.8) is 0 Å². The third-order valence-electron chi connectivity index (χ3n) is 5.84. The molecule has 1 aromatic carbocycles. The van der Waals surface area contributed by atoms with E-state index in [2.05, 4.69) is 10.2 Å². The Kier molecular flexibility index (Phi) is 6.17. The predicted octanol–water partition coefficient (Wildman–Crippen LogP) is 3.23. The van der Waals surface area contributed by atoms with Gasteiger partial charge in [-0.1, -0.05) is 17.4 Å². The van der Waals surface area contributed by atoms with Crippen molar-refractivity contribution >= 4 is 59.6 Å². The Labute approximate surface area is 194 Å². The molecule has 1 N–H and O–H groups in total. The quantitative estimate of drug-likeness (QED) is 0.588. The van der Waals surface area contributed by atoms with Crippen LogP contribution in [0.25, 0.3) is 10.2 Å². The Hall–Kier alpha value is -2.05. The number of thiophene rings is 1. The first-order valence-electron chi connectivity index (χ1n) is 10.6. The Bertz CT molecular complexity index is 1200. The van der Waals surface area contributed by atoms with Crippen LogP contribution in [0.15, 0.2) is 39.9 Å². The molecule has 8 nitrogen and oxygen atoms in total. The number of sulfonamides is 1. The molecule has 0 unspecified atom stereocenters. The molecule has 170 valence electrons. The molecule has 4 heterocycles. The molecule has 0 aliphatic carbocycles. The highest BCUT2D eigenvalue weighted by Gasteiger charge is 2.32. The molecule has 0 atom stereocenters. The maximum atomic E-state index is 12.8. The second kappa shape index (κ2) is 9.06. The van der Waals surface area contributed by atoms with Gasteiger partial charge in [-0.2, -0.15) is 4.31 Å². The summed E-state index contributed by atoms with van der Waals surface area (Å²) >= 11 is 2.84. The van der Waals surface area contributed by atoms with Crippen LogP contribution in [0.2, 0.25) is 0 Å². The zero-order chi connectivity index (χ0) is 22.1. The smallest absolute Gasteiger partial charge is 0.252 e. The number of ether oxygens (including phenoxy) is 1. The van der Waals surface area contributed by atoms with Gasteiger partial charge in [0.15, 0.2) is 5.13 Å². The van der Waals surface area contributed by atoms with Crippen molar-refractivity contribution in [2.24, 2.45) is 5.92 Å². The molecule has 2 aromatic heterocycles. The average Bonchev–Trinajstić information content (AvgIpc) is 3.50. The van der Waals surface area contributed by atoms with Crippen molar-refractivity contribution in [2.75, 3.05) is 49.6 Å². The van der Waals surface area contributed by atoms with E-state index in [1.807, 2.05) is 18.2 Å². The second-order valence-electron chi connectivity index (χ2n) is 7.88. The molecule has 0 radical (unpaired) electrons. The number of hydrogen-bond acceptors (Lipinski definition) is 8. The minimum atomic E-state index is -3.46. The number of carbonyl (C=O) groups is 1. The Morgan fingerprint density at radius 3 is 2.62 bits per heavy atom. The first kappa shape index (κ1) is 21.8. The highest BCUT2D eigenvalue weighted by molar-refractivity contribution is 7.91. The van der Waals surface area contributed by atoms with Gasteiger partial charge in [0.25, 0.3) is 10.0 Å². The van der Waals surface area contributed by atoms with Gasteiger partial charge in [0.2, 0.25) is 5.91 Å². The summed E-state index contributed by atoms with van der Waals surface area (Å²) in [6.07, 6.45) is 1.03. The number of thiazole rings is 1. The van der Waals surface area contributed by atoms with Crippen LogP contribution in [-0.4, -0.2) is 63.0 Å². The van der Waals surface area contributed by atoms with E-state index in [1.165, 1.54) is 15.6 Å². The summed E-state index contributed by atoms with van der Waals surface area (Å²) in [7, 11) is -3.46. The van der Waals surface area contributed by atoms with Gasteiger partial charge >= 0.3 is 0 Å². The van der Waals surface area contributed by atoms with Crippen LogP contribution >= 0.6 is 22.7 Å². The first-order chi connectivity index (χ1) is 15.5. The van der Waals surface area contributed by atoms with E-state index in [-0.39, 0.29) is 11.8 Å². The number of hydrogen-bond donors (Lipinski definition) is 1. The molecule has 3 aromatic rings. The molecule has 0 bridgehead atoms. The average molecular weight is 493 g/mol. The van der Waals surface area contributed by atoms with Crippen molar-refractivity contribution in [2.45, 2.75) is 17.1 Å². The van der Waals surface area contributed by atoms with Gasteiger partial charge < -0.3 is 15.0 Å². The number of amides is 1. The topological polar surface area (TPSA) is 91.8 Å². The standard InChI is InChI=1S/C21H24N4O4S3/c26-20(15-5-7-25(8-6-15)32(27,28)19-2-1-13-30-19)22-16-3-4-17-18(14-16)31-21(23-17)24-9-11-29-12-10-24/h1-4,13-15H,5-12H2,(H,22,26). The molecule has 2 aliphatic rings. The zero-order valence-electron chi connectivity index (χ0n) is 17.4. The van der Waals surface area contributed by atoms with Crippen LogP contribution in [0, 0.1) is 5.92 Å². The molecule has 2 fully saturated rings. The van der Waals surface area contributed by atoms with Crippen molar-refractivity contribution in [1.82, 2.24) is 9.29 Å². The fraction of sp³-hybridized carbons (Fsp3) is 0.429.